The SMILES string of the molecule is CC(NC(=O)c1c[nH]c2ncc(C3CC3)nc12)c1ccccn1. The minimum atomic E-state index is -0.173. The number of aromatic nitrogens is 4. The molecule has 0 saturated heterocycles. The van der Waals surface area contributed by atoms with E-state index in [0.29, 0.717) is 22.6 Å². The topological polar surface area (TPSA) is 83.6 Å². The first-order valence-corrected chi connectivity index (χ1v) is 7.78. The van der Waals surface area contributed by atoms with Crippen LogP contribution in [-0.4, -0.2) is 25.8 Å². The molecule has 1 fully saturated rings. The Morgan fingerprint density at radius 2 is 2.22 bits per heavy atom. The van der Waals surface area contributed by atoms with Gasteiger partial charge in [-0.15, -0.1) is 0 Å². The Morgan fingerprint density at radius 3 is 2.96 bits per heavy atom. The third kappa shape index (κ3) is 2.67. The second-order valence-corrected chi connectivity index (χ2v) is 5.92. The molecule has 1 amide bonds. The van der Waals surface area contributed by atoms with E-state index in [1.807, 2.05) is 25.1 Å². The molecule has 4 rings (SSSR count). The van der Waals surface area contributed by atoms with Crippen molar-refractivity contribution in [1.82, 2.24) is 25.3 Å². The van der Waals surface area contributed by atoms with Crippen LogP contribution in [0.5, 0.6) is 0 Å². The molecule has 3 heterocycles. The largest absolute Gasteiger partial charge is 0.344 e. The van der Waals surface area contributed by atoms with Crippen molar-refractivity contribution in [2.45, 2.75) is 31.7 Å². The molecule has 0 radical (unpaired) electrons. The van der Waals surface area contributed by atoms with Crippen LogP contribution in [0.3, 0.4) is 0 Å². The molecule has 1 unspecified atom stereocenters. The van der Waals surface area contributed by atoms with Gasteiger partial charge in [0.15, 0.2) is 5.65 Å². The van der Waals surface area contributed by atoms with Crippen molar-refractivity contribution < 1.29 is 4.79 Å². The van der Waals surface area contributed by atoms with Crippen LogP contribution in [0.25, 0.3) is 11.2 Å². The van der Waals surface area contributed by atoms with Crippen LogP contribution in [0, 0.1) is 0 Å². The van der Waals surface area contributed by atoms with Crippen molar-refractivity contribution in [2.24, 2.45) is 0 Å². The quantitative estimate of drug-likeness (QED) is 0.776. The third-order valence-corrected chi connectivity index (χ3v) is 4.12. The van der Waals surface area contributed by atoms with Gasteiger partial charge in [-0.25, -0.2) is 9.97 Å². The fourth-order valence-electron chi connectivity index (χ4n) is 2.63. The van der Waals surface area contributed by atoms with Crippen molar-refractivity contribution in [3.63, 3.8) is 0 Å². The van der Waals surface area contributed by atoms with Gasteiger partial charge < -0.3 is 10.3 Å². The molecule has 23 heavy (non-hydrogen) atoms. The molecule has 6 nitrogen and oxygen atoms in total. The van der Waals surface area contributed by atoms with Crippen LogP contribution in [0.2, 0.25) is 0 Å². The average Bonchev–Trinajstić information content (AvgIpc) is 3.34. The number of pyridine rings is 1. The number of carbonyl (C=O) groups is 1. The lowest BCUT2D eigenvalue weighted by atomic mass is 10.2. The Bertz CT molecular complexity index is 854. The number of H-pyrrole nitrogens is 1. The highest BCUT2D eigenvalue weighted by Crippen LogP contribution is 2.39. The van der Waals surface area contributed by atoms with E-state index >= 15 is 0 Å². The molecule has 0 bridgehead atoms. The molecular formula is C17H17N5O. The fourth-order valence-corrected chi connectivity index (χ4v) is 2.63. The zero-order valence-corrected chi connectivity index (χ0v) is 12.8. The number of fused-ring (bicyclic) bond motifs is 1. The molecule has 116 valence electrons. The van der Waals surface area contributed by atoms with E-state index in [-0.39, 0.29) is 11.9 Å². The summed E-state index contributed by atoms with van der Waals surface area (Å²) in [6.07, 6.45) is 7.50. The summed E-state index contributed by atoms with van der Waals surface area (Å²) < 4.78 is 0. The van der Waals surface area contributed by atoms with Crippen LogP contribution in [0.1, 0.15) is 53.5 Å². The number of nitrogens with zero attached hydrogens (tertiary/aromatic N) is 3. The summed E-state index contributed by atoms with van der Waals surface area (Å²) in [5.41, 5.74) is 3.61. The smallest absolute Gasteiger partial charge is 0.255 e. The summed E-state index contributed by atoms with van der Waals surface area (Å²) in [6, 6.07) is 5.48. The van der Waals surface area contributed by atoms with E-state index in [0.717, 1.165) is 24.2 Å². The van der Waals surface area contributed by atoms with E-state index < -0.39 is 0 Å². The van der Waals surface area contributed by atoms with Crippen molar-refractivity contribution in [3.8, 4) is 0 Å². The van der Waals surface area contributed by atoms with Gasteiger partial charge in [0.25, 0.3) is 5.91 Å². The molecule has 0 aromatic carbocycles. The van der Waals surface area contributed by atoms with Crippen LogP contribution in [0.4, 0.5) is 0 Å². The molecular weight excluding hydrogens is 290 g/mol. The number of rotatable bonds is 4. The minimum absolute atomic E-state index is 0.170. The van der Waals surface area contributed by atoms with Crippen LogP contribution in [-0.2, 0) is 0 Å². The summed E-state index contributed by atoms with van der Waals surface area (Å²) in [5, 5.41) is 2.97. The lowest BCUT2D eigenvalue weighted by molar-refractivity contribution is 0.0940. The molecule has 1 aliphatic rings. The maximum absolute atomic E-state index is 12.6. The molecule has 1 saturated carbocycles. The molecule has 6 heteroatoms. The molecule has 1 atom stereocenters. The predicted octanol–water partition coefficient (Wildman–Crippen LogP) is 2.72. The normalized spacial score (nSPS) is 15.5. The van der Waals surface area contributed by atoms with E-state index in [2.05, 4.69) is 25.3 Å². The highest BCUT2D eigenvalue weighted by atomic mass is 16.1. The summed E-state index contributed by atoms with van der Waals surface area (Å²) in [6.45, 7) is 1.91. The van der Waals surface area contributed by atoms with Gasteiger partial charge in [0.05, 0.1) is 29.2 Å². The van der Waals surface area contributed by atoms with Gasteiger partial charge in [-0.2, -0.15) is 0 Å². The van der Waals surface area contributed by atoms with E-state index in [4.69, 9.17) is 0 Å². The lowest BCUT2D eigenvalue weighted by Crippen LogP contribution is -2.27. The highest BCUT2D eigenvalue weighted by molar-refractivity contribution is 6.04. The third-order valence-electron chi connectivity index (χ3n) is 4.12. The van der Waals surface area contributed by atoms with Crippen molar-refractivity contribution >= 4 is 17.1 Å². The average molecular weight is 307 g/mol. The second-order valence-electron chi connectivity index (χ2n) is 5.92. The Balaban J connectivity index is 1.60. The van der Waals surface area contributed by atoms with Crippen molar-refractivity contribution in [2.75, 3.05) is 0 Å². The zero-order chi connectivity index (χ0) is 15.8. The molecule has 3 aromatic rings. The van der Waals surface area contributed by atoms with E-state index in [1.54, 1.807) is 18.6 Å². The van der Waals surface area contributed by atoms with E-state index in [1.165, 1.54) is 0 Å². The maximum atomic E-state index is 12.6. The molecule has 0 spiro atoms. The Morgan fingerprint density at radius 1 is 1.35 bits per heavy atom. The van der Waals surface area contributed by atoms with Gasteiger partial charge >= 0.3 is 0 Å². The number of carbonyl (C=O) groups excluding carboxylic acids is 1. The molecule has 2 N–H and O–H groups in total. The van der Waals surface area contributed by atoms with Gasteiger partial charge in [-0.3, -0.25) is 9.78 Å². The van der Waals surface area contributed by atoms with Gasteiger partial charge in [0, 0.05) is 18.3 Å². The Kier molecular flexibility index (Phi) is 3.29. The predicted molar refractivity (Wildman–Crippen MR) is 86.0 cm³/mol. The first kappa shape index (κ1) is 13.9. The van der Waals surface area contributed by atoms with Crippen LogP contribution >= 0.6 is 0 Å². The maximum Gasteiger partial charge on any atom is 0.255 e. The number of amides is 1. The lowest BCUT2D eigenvalue weighted by Gasteiger charge is -2.12. The Labute approximate surface area is 133 Å². The summed E-state index contributed by atoms with van der Waals surface area (Å²) in [4.78, 5) is 28.9. The molecule has 3 aromatic heterocycles. The first-order valence-electron chi connectivity index (χ1n) is 7.78. The standard InChI is InChI=1S/C17H17N5O/c1-10(13-4-2-3-7-18-13)21-17(23)12-8-19-16-15(12)22-14(9-20-16)11-5-6-11/h2-4,7-11H,5-6H2,1H3,(H,19,20)(H,21,23). The van der Waals surface area contributed by atoms with Crippen molar-refractivity contribution in [1.29, 1.82) is 0 Å². The van der Waals surface area contributed by atoms with E-state index in [9.17, 15) is 4.79 Å². The molecule has 0 aliphatic heterocycles. The van der Waals surface area contributed by atoms with Crippen LogP contribution in [0.15, 0.2) is 36.8 Å². The van der Waals surface area contributed by atoms with Gasteiger partial charge in [0.2, 0.25) is 0 Å². The summed E-state index contributed by atoms with van der Waals surface area (Å²) in [5.74, 6) is 0.335. The highest BCUT2D eigenvalue weighted by Gasteiger charge is 2.26. The fraction of sp³-hybridized carbons (Fsp3) is 0.294. The van der Waals surface area contributed by atoms with Gasteiger partial charge in [-0.1, -0.05) is 6.07 Å². The zero-order valence-electron chi connectivity index (χ0n) is 12.8. The number of hydrogen-bond donors (Lipinski definition) is 2. The number of hydrogen-bond acceptors (Lipinski definition) is 4. The second kappa shape index (κ2) is 5.46. The van der Waals surface area contributed by atoms with Crippen molar-refractivity contribution in [3.05, 3.63) is 53.7 Å². The molecule has 1 aliphatic carbocycles. The summed E-state index contributed by atoms with van der Waals surface area (Å²) in [7, 11) is 0. The first-order chi connectivity index (χ1) is 11.2. The van der Waals surface area contributed by atoms with Gasteiger partial charge in [-0.05, 0) is 31.9 Å². The number of nitrogens with one attached hydrogen (secondary N) is 2. The van der Waals surface area contributed by atoms with Gasteiger partial charge in [0.1, 0.15) is 5.52 Å². The van der Waals surface area contributed by atoms with Crippen LogP contribution < -0.4 is 5.32 Å². The number of aromatic amines is 1. The minimum Gasteiger partial charge on any atom is -0.344 e. The monoisotopic (exact) mass is 307 g/mol. The Hall–Kier alpha value is -2.76. The summed E-state index contributed by atoms with van der Waals surface area (Å²) >= 11 is 0.